The third-order valence-electron chi connectivity index (χ3n) is 21.2. The summed E-state index contributed by atoms with van der Waals surface area (Å²) in [4.78, 5) is 24.8. The van der Waals surface area contributed by atoms with Gasteiger partial charge in [0.15, 0.2) is 11.6 Å². The van der Waals surface area contributed by atoms with Gasteiger partial charge in [0.1, 0.15) is 0 Å². The molecule has 8 fully saturated rings. The van der Waals surface area contributed by atoms with Gasteiger partial charge in [-0.05, 0) is 179 Å². The summed E-state index contributed by atoms with van der Waals surface area (Å²) in [5, 5.41) is 10.2. The monoisotopic (exact) mass is 890 g/mol. The average Bonchev–Trinajstić information content (AvgIpc) is 4.09. The van der Waals surface area contributed by atoms with Crippen LogP contribution in [-0.4, -0.2) is 62.7 Å². The smallest absolute Gasteiger partial charge is 0.296 e. The van der Waals surface area contributed by atoms with Crippen LogP contribution in [0.3, 0.4) is 0 Å². The number of aryl methyl sites for hydroxylation is 1. The molecule has 2 spiro atoms. The largest absolute Gasteiger partial charge is 0.396 e. The second kappa shape index (κ2) is 15.2. The summed E-state index contributed by atoms with van der Waals surface area (Å²) in [6.45, 7) is 8.55. The van der Waals surface area contributed by atoms with E-state index in [1.54, 1.807) is 24.3 Å². The standard InChI is InChI=1S/C31H38O5S.C24H32O3/c1-3-30-13-11-24-23-10-7-21(32)16-25(23)20(18-36-37(33,34)22-8-5-19(2)6-9-22)15-26(24)29(30)27-17-28(27)31(30)12-4-14-35-31;1-2-23-8-6-17-16-5-4-15(26)11-18(16)14(13-25)10-19(17)22(23)20-12-21(20)24(23)7-3-9-27-24/h4-6,8-9,12,16,20,23-24,26-29H,3,7,10-11,13-15,17-18H2,1-2H3;3,7,11,14,16-17,19-22,25H,2,4-6,8-10,12-13H2,1H3/t20-,23+,24?,26?,27+,28-,29?,30-,31-;14-,16+,17?,19?,20+,21-,22?,23-,24-/m00/s1. The van der Waals surface area contributed by atoms with Crippen molar-refractivity contribution in [2.24, 2.45) is 93.7 Å². The van der Waals surface area contributed by atoms with Gasteiger partial charge in [0.2, 0.25) is 0 Å². The second-order valence-electron chi connectivity index (χ2n) is 22.9. The first kappa shape index (κ1) is 42.6. The van der Waals surface area contributed by atoms with Crippen LogP contribution in [0.1, 0.15) is 109 Å². The number of hydrogen-bond donors (Lipinski definition) is 1. The SMILES string of the molecule is CC[C@]12CCC3C(C[C@@H](CO)C4=CC(=O)CC[C@@H]43)C1[C@@H]1C[C@@H]1[C@@]21C=CCO1.CC[C@]12CCC3C(C[C@@H](COS(=O)(=O)c4ccc(C)cc4)C4=CC(=O)CC[C@@H]43)C1[C@@H]1C[C@@H]1[C@@]21C=CCO1. The van der Waals surface area contributed by atoms with Crippen molar-refractivity contribution in [1.29, 1.82) is 0 Å². The van der Waals surface area contributed by atoms with Crippen LogP contribution in [-0.2, 0) is 33.4 Å². The van der Waals surface area contributed by atoms with Crippen LogP contribution < -0.4 is 0 Å². The summed E-state index contributed by atoms with van der Waals surface area (Å²) in [5.74, 6) is 8.37. The van der Waals surface area contributed by atoms with Crippen LogP contribution in [0.2, 0.25) is 0 Å². The van der Waals surface area contributed by atoms with Crippen LogP contribution in [0.15, 0.2) is 76.8 Å². The summed E-state index contributed by atoms with van der Waals surface area (Å²) in [6.07, 6.45) is 28.3. The Hall–Kier alpha value is -2.69. The third kappa shape index (κ3) is 5.87. The molecule has 6 unspecified atom stereocenters. The normalized spacial score (nSPS) is 48.4. The van der Waals surface area contributed by atoms with Crippen molar-refractivity contribution >= 4 is 21.7 Å². The highest BCUT2D eigenvalue weighted by molar-refractivity contribution is 7.86. The van der Waals surface area contributed by atoms with Gasteiger partial charge in [0.05, 0.1) is 35.9 Å². The molecule has 1 aromatic rings. The molecule has 0 amide bonds. The molecule has 64 heavy (non-hydrogen) atoms. The molecule has 2 heterocycles. The molecular formula is C55H70O8S. The molecule has 13 rings (SSSR count). The third-order valence-corrected chi connectivity index (χ3v) is 22.5. The maximum atomic E-state index is 13.1. The van der Waals surface area contributed by atoms with Crippen LogP contribution >= 0.6 is 0 Å². The van der Waals surface area contributed by atoms with E-state index < -0.39 is 10.1 Å². The number of ketones is 2. The van der Waals surface area contributed by atoms with Crippen LogP contribution in [0, 0.1) is 101 Å². The number of aliphatic hydroxyl groups excluding tert-OH is 1. The molecule has 344 valence electrons. The van der Waals surface area contributed by atoms with Gasteiger partial charge in [0.25, 0.3) is 10.1 Å². The lowest BCUT2D eigenvalue weighted by Crippen LogP contribution is -2.56. The van der Waals surface area contributed by atoms with Crippen molar-refractivity contribution in [3.63, 3.8) is 0 Å². The quantitative estimate of drug-likeness (QED) is 0.213. The van der Waals surface area contributed by atoms with E-state index in [1.165, 1.54) is 50.5 Å². The van der Waals surface area contributed by atoms with Crippen molar-refractivity contribution in [2.75, 3.05) is 26.4 Å². The Labute approximate surface area is 381 Å². The fraction of sp³-hybridized carbons (Fsp3) is 0.709. The Morgan fingerprint density at radius 2 is 1.17 bits per heavy atom. The fourth-order valence-corrected chi connectivity index (χ4v) is 19.9. The molecule has 9 heteroatoms. The lowest BCUT2D eigenvalue weighted by Gasteiger charge is -2.59. The Kier molecular flexibility index (Phi) is 10.1. The zero-order valence-electron chi connectivity index (χ0n) is 38.3. The summed E-state index contributed by atoms with van der Waals surface area (Å²) >= 11 is 0. The van der Waals surface area contributed by atoms with Crippen molar-refractivity contribution in [3.8, 4) is 0 Å². The van der Waals surface area contributed by atoms with E-state index in [-0.39, 0.29) is 58.1 Å². The Bertz CT molecular complexity index is 2330. The number of rotatable bonds is 7. The minimum Gasteiger partial charge on any atom is -0.396 e. The van der Waals surface area contributed by atoms with Crippen molar-refractivity contribution < 1.29 is 36.8 Å². The molecule has 0 aromatic heterocycles. The number of aliphatic hydroxyl groups is 1. The summed E-state index contributed by atoms with van der Waals surface area (Å²) in [6, 6.07) is 6.83. The second-order valence-corrected chi connectivity index (χ2v) is 24.6. The zero-order valence-corrected chi connectivity index (χ0v) is 39.1. The first-order valence-corrected chi connectivity index (χ1v) is 27.0. The van der Waals surface area contributed by atoms with E-state index in [0.29, 0.717) is 65.6 Å². The van der Waals surface area contributed by atoms with E-state index in [9.17, 15) is 23.1 Å². The first-order valence-electron chi connectivity index (χ1n) is 25.6. The average molecular weight is 891 g/mol. The van der Waals surface area contributed by atoms with Gasteiger partial charge in [0, 0.05) is 42.1 Å². The molecule has 1 aromatic carbocycles. The Balaban J connectivity index is 0.000000142. The fourth-order valence-electron chi connectivity index (χ4n) is 18.9. The van der Waals surface area contributed by atoms with E-state index in [4.69, 9.17) is 13.7 Å². The van der Waals surface area contributed by atoms with Crippen LogP contribution in [0.4, 0.5) is 0 Å². The highest BCUT2D eigenvalue weighted by Crippen LogP contribution is 2.80. The summed E-state index contributed by atoms with van der Waals surface area (Å²) in [7, 11) is -3.85. The minimum atomic E-state index is -3.85. The van der Waals surface area contributed by atoms with Crippen molar-refractivity contribution in [3.05, 3.63) is 77.4 Å². The first-order chi connectivity index (χ1) is 30.9. The number of carbonyl (C=O) groups is 2. The molecule has 12 aliphatic rings. The number of carbonyl (C=O) groups excluding carboxylic acids is 2. The molecule has 18 atom stereocenters. The molecule has 0 bridgehead atoms. The topological polar surface area (TPSA) is 116 Å². The number of benzene rings is 1. The van der Waals surface area contributed by atoms with Gasteiger partial charge in [-0.25, -0.2) is 0 Å². The number of ether oxygens (including phenoxy) is 2. The number of fused-ring (bicyclic) bond motifs is 18. The van der Waals surface area contributed by atoms with Crippen molar-refractivity contribution in [1.82, 2.24) is 0 Å². The van der Waals surface area contributed by atoms with E-state index in [1.807, 2.05) is 19.1 Å². The van der Waals surface area contributed by atoms with Crippen molar-refractivity contribution in [2.45, 2.75) is 127 Å². The lowest BCUT2D eigenvalue weighted by molar-refractivity contribution is -0.146. The maximum Gasteiger partial charge on any atom is 0.296 e. The number of hydrogen-bond acceptors (Lipinski definition) is 8. The summed E-state index contributed by atoms with van der Waals surface area (Å²) < 4.78 is 45.1. The Morgan fingerprint density at radius 1 is 0.672 bits per heavy atom. The molecule has 2 aliphatic heterocycles. The molecular weight excluding hydrogens is 821 g/mol. The van der Waals surface area contributed by atoms with Gasteiger partial charge < -0.3 is 14.6 Å². The molecule has 1 N–H and O–H groups in total. The Morgan fingerprint density at radius 3 is 1.64 bits per heavy atom. The van der Waals surface area contributed by atoms with Crippen LogP contribution in [0.25, 0.3) is 0 Å². The summed E-state index contributed by atoms with van der Waals surface area (Å²) in [5.41, 5.74) is 3.88. The molecule has 10 aliphatic carbocycles. The predicted octanol–water partition coefficient (Wildman–Crippen LogP) is 9.56. The van der Waals surface area contributed by atoms with E-state index in [0.717, 1.165) is 80.1 Å². The van der Waals surface area contributed by atoms with Gasteiger partial charge in [-0.1, -0.05) is 67.0 Å². The molecule has 0 saturated heterocycles. The minimum absolute atomic E-state index is 0.00934. The van der Waals surface area contributed by atoms with Gasteiger partial charge in [-0.2, -0.15) is 8.42 Å². The predicted molar refractivity (Wildman–Crippen MR) is 243 cm³/mol. The van der Waals surface area contributed by atoms with E-state index in [2.05, 4.69) is 38.2 Å². The van der Waals surface area contributed by atoms with E-state index >= 15 is 0 Å². The highest BCUT2D eigenvalue weighted by atomic mass is 32.2. The van der Waals surface area contributed by atoms with Crippen LogP contribution in [0.5, 0.6) is 0 Å². The molecule has 0 radical (unpaired) electrons. The molecule has 8 saturated carbocycles. The van der Waals surface area contributed by atoms with Gasteiger partial charge in [-0.15, -0.1) is 0 Å². The molecule has 8 nitrogen and oxygen atoms in total. The maximum absolute atomic E-state index is 13.1. The highest BCUT2D eigenvalue weighted by Gasteiger charge is 2.79. The zero-order chi connectivity index (χ0) is 44.0. The van der Waals surface area contributed by atoms with Gasteiger partial charge >= 0.3 is 0 Å². The lowest BCUT2D eigenvalue weighted by atomic mass is 9.46. The van der Waals surface area contributed by atoms with Gasteiger partial charge in [-0.3, -0.25) is 13.8 Å².